The topological polar surface area (TPSA) is 35.5 Å². The van der Waals surface area contributed by atoms with Crippen LogP contribution in [0, 0.1) is 0 Å². The normalized spacial score (nSPS) is 15.6. The molecule has 0 spiro atoms. The van der Waals surface area contributed by atoms with E-state index in [1.165, 1.54) is 24.1 Å². The molecule has 1 saturated carbocycles. The van der Waals surface area contributed by atoms with E-state index >= 15 is 0 Å². The molecule has 1 aliphatic carbocycles. The number of benzene rings is 1. The number of aliphatic hydroxyl groups excluding tert-OH is 1. The third-order valence-electron chi connectivity index (χ3n) is 3.86. The van der Waals surface area contributed by atoms with E-state index in [-0.39, 0.29) is 12.1 Å². The standard InChI is InChI=1S/C15H23BrN2O/c1-15(2,10-19)18(3)14-7-4-12(16)8-11(14)9-17-13-5-6-13/h4,7-8,13,17,19H,5-6,9-10H2,1-3H3. The summed E-state index contributed by atoms with van der Waals surface area (Å²) in [5.41, 5.74) is 2.18. The minimum absolute atomic E-state index is 0.134. The highest BCUT2D eigenvalue weighted by Crippen LogP contribution is 2.29. The van der Waals surface area contributed by atoms with Crippen LogP contribution in [0.1, 0.15) is 32.3 Å². The third-order valence-corrected chi connectivity index (χ3v) is 4.35. The summed E-state index contributed by atoms with van der Waals surface area (Å²) in [5.74, 6) is 0. The molecule has 0 saturated heterocycles. The second-order valence-electron chi connectivity index (χ2n) is 5.96. The maximum Gasteiger partial charge on any atom is 0.0658 e. The summed E-state index contributed by atoms with van der Waals surface area (Å²) in [6.07, 6.45) is 2.59. The van der Waals surface area contributed by atoms with Crippen LogP contribution in [0.2, 0.25) is 0 Å². The highest BCUT2D eigenvalue weighted by Gasteiger charge is 2.25. The van der Waals surface area contributed by atoms with E-state index < -0.39 is 0 Å². The Balaban J connectivity index is 2.21. The molecule has 4 heteroatoms. The van der Waals surface area contributed by atoms with Crippen LogP contribution in [0.4, 0.5) is 5.69 Å². The zero-order valence-electron chi connectivity index (χ0n) is 11.9. The number of hydrogen-bond donors (Lipinski definition) is 2. The minimum Gasteiger partial charge on any atom is -0.394 e. The maximum absolute atomic E-state index is 9.53. The van der Waals surface area contributed by atoms with Crippen LogP contribution in [-0.2, 0) is 6.54 Å². The van der Waals surface area contributed by atoms with Gasteiger partial charge in [0.2, 0.25) is 0 Å². The monoisotopic (exact) mass is 326 g/mol. The molecular formula is C15H23BrN2O. The lowest BCUT2D eigenvalue weighted by atomic mass is 10.0. The summed E-state index contributed by atoms with van der Waals surface area (Å²) < 4.78 is 1.10. The summed E-state index contributed by atoms with van der Waals surface area (Å²) in [6, 6.07) is 7.03. The molecule has 106 valence electrons. The molecule has 1 aromatic rings. The quantitative estimate of drug-likeness (QED) is 0.843. The van der Waals surface area contributed by atoms with Gasteiger partial charge in [-0.2, -0.15) is 0 Å². The van der Waals surface area contributed by atoms with Crippen LogP contribution in [0.3, 0.4) is 0 Å². The summed E-state index contributed by atoms with van der Waals surface area (Å²) in [5, 5.41) is 13.1. The van der Waals surface area contributed by atoms with Gasteiger partial charge in [-0.1, -0.05) is 15.9 Å². The van der Waals surface area contributed by atoms with Crippen molar-refractivity contribution in [2.75, 3.05) is 18.6 Å². The molecule has 0 heterocycles. The van der Waals surface area contributed by atoms with Gasteiger partial charge >= 0.3 is 0 Å². The fourth-order valence-electron chi connectivity index (χ4n) is 2.00. The molecule has 0 aromatic heterocycles. The fraction of sp³-hybridized carbons (Fsp3) is 0.600. The van der Waals surface area contributed by atoms with Gasteiger partial charge < -0.3 is 15.3 Å². The largest absolute Gasteiger partial charge is 0.394 e. The Morgan fingerprint density at radius 3 is 2.68 bits per heavy atom. The maximum atomic E-state index is 9.53. The van der Waals surface area contributed by atoms with E-state index in [4.69, 9.17) is 0 Å². The Hall–Kier alpha value is -0.580. The first-order valence-corrected chi connectivity index (χ1v) is 7.60. The molecule has 0 radical (unpaired) electrons. The summed E-state index contributed by atoms with van der Waals surface area (Å²) >= 11 is 3.54. The van der Waals surface area contributed by atoms with Crippen molar-refractivity contribution in [2.45, 2.75) is 44.8 Å². The molecule has 2 rings (SSSR count). The minimum atomic E-state index is -0.262. The van der Waals surface area contributed by atoms with E-state index in [1.807, 2.05) is 20.9 Å². The van der Waals surface area contributed by atoms with Gasteiger partial charge in [0, 0.05) is 29.8 Å². The van der Waals surface area contributed by atoms with E-state index in [1.54, 1.807) is 0 Å². The first-order chi connectivity index (χ1) is 8.94. The Labute approximate surface area is 124 Å². The van der Waals surface area contributed by atoms with Crippen LogP contribution in [0.5, 0.6) is 0 Å². The Bertz CT molecular complexity index is 444. The second kappa shape index (κ2) is 5.81. The Morgan fingerprint density at radius 2 is 2.11 bits per heavy atom. The van der Waals surface area contributed by atoms with Crippen LogP contribution in [0.25, 0.3) is 0 Å². The zero-order chi connectivity index (χ0) is 14.0. The summed E-state index contributed by atoms with van der Waals surface area (Å²) in [7, 11) is 2.04. The number of hydrogen-bond acceptors (Lipinski definition) is 3. The fourth-order valence-corrected chi connectivity index (χ4v) is 2.41. The highest BCUT2D eigenvalue weighted by molar-refractivity contribution is 9.10. The number of likely N-dealkylation sites (N-methyl/N-ethyl adjacent to an activating group) is 1. The lowest BCUT2D eigenvalue weighted by Gasteiger charge is -2.37. The smallest absolute Gasteiger partial charge is 0.0658 e. The molecule has 2 N–H and O–H groups in total. The van der Waals surface area contributed by atoms with Gasteiger partial charge in [-0.3, -0.25) is 0 Å². The predicted molar refractivity (Wildman–Crippen MR) is 83.6 cm³/mol. The van der Waals surface area contributed by atoms with Crippen molar-refractivity contribution in [1.82, 2.24) is 5.32 Å². The molecule has 19 heavy (non-hydrogen) atoms. The van der Waals surface area contributed by atoms with Gasteiger partial charge in [0.25, 0.3) is 0 Å². The molecule has 0 atom stereocenters. The lowest BCUT2D eigenvalue weighted by Crippen LogP contribution is -2.45. The molecule has 0 bridgehead atoms. The average molecular weight is 327 g/mol. The summed E-state index contributed by atoms with van der Waals surface area (Å²) in [6.45, 7) is 5.11. The van der Waals surface area contributed by atoms with Crippen molar-refractivity contribution >= 4 is 21.6 Å². The van der Waals surface area contributed by atoms with E-state index in [0.29, 0.717) is 6.04 Å². The molecule has 1 aliphatic rings. The molecule has 3 nitrogen and oxygen atoms in total. The highest BCUT2D eigenvalue weighted by atomic mass is 79.9. The summed E-state index contributed by atoms with van der Waals surface area (Å²) in [4.78, 5) is 2.16. The van der Waals surface area contributed by atoms with Gasteiger partial charge in [-0.15, -0.1) is 0 Å². The van der Waals surface area contributed by atoms with Gasteiger partial charge in [0.1, 0.15) is 0 Å². The number of aliphatic hydroxyl groups is 1. The van der Waals surface area contributed by atoms with Crippen molar-refractivity contribution in [1.29, 1.82) is 0 Å². The van der Waals surface area contributed by atoms with E-state index in [2.05, 4.69) is 44.3 Å². The van der Waals surface area contributed by atoms with Gasteiger partial charge in [0.15, 0.2) is 0 Å². The zero-order valence-corrected chi connectivity index (χ0v) is 13.5. The van der Waals surface area contributed by atoms with Crippen molar-refractivity contribution in [3.05, 3.63) is 28.2 Å². The molecular weight excluding hydrogens is 304 g/mol. The number of anilines is 1. The number of nitrogens with zero attached hydrogens (tertiary/aromatic N) is 1. The average Bonchev–Trinajstić information content (AvgIpc) is 3.19. The van der Waals surface area contributed by atoms with E-state index in [0.717, 1.165) is 11.0 Å². The third kappa shape index (κ3) is 3.71. The van der Waals surface area contributed by atoms with Crippen LogP contribution in [-0.4, -0.2) is 30.3 Å². The van der Waals surface area contributed by atoms with Gasteiger partial charge in [0.05, 0.1) is 12.1 Å². The number of rotatable bonds is 6. The van der Waals surface area contributed by atoms with Crippen molar-refractivity contribution in [3.8, 4) is 0 Å². The Kier molecular flexibility index (Phi) is 4.54. The SMILES string of the molecule is CN(c1ccc(Br)cc1CNC1CC1)C(C)(C)CO. The van der Waals surface area contributed by atoms with Crippen LogP contribution >= 0.6 is 15.9 Å². The van der Waals surface area contributed by atoms with E-state index in [9.17, 15) is 5.11 Å². The molecule has 0 amide bonds. The first-order valence-electron chi connectivity index (χ1n) is 6.80. The van der Waals surface area contributed by atoms with Crippen LogP contribution in [0.15, 0.2) is 22.7 Å². The Morgan fingerprint density at radius 1 is 1.42 bits per heavy atom. The molecule has 1 fully saturated rings. The molecule has 0 aliphatic heterocycles. The number of nitrogens with one attached hydrogen (secondary N) is 1. The van der Waals surface area contributed by atoms with Gasteiger partial charge in [-0.05, 0) is 50.5 Å². The van der Waals surface area contributed by atoms with Crippen molar-refractivity contribution in [3.63, 3.8) is 0 Å². The predicted octanol–water partition coefficient (Wildman–Crippen LogP) is 2.91. The van der Waals surface area contributed by atoms with Crippen LogP contribution < -0.4 is 10.2 Å². The molecule has 0 unspecified atom stereocenters. The first kappa shape index (κ1) is 14.8. The van der Waals surface area contributed by atoms with Gasteiger partial charge in [-0.25, -0.2) is 0 Å². The number of halogens is 1. The van der Waals surface area contributed by atoms with Crippen molar-refractivity contribution in [2.24, 2.45) is 0 Å². The lowest BCUT2D eigenvalue weighted by molar-refractivity contribution is 0.216. The van der Waals surface area contributed by atoms with Crippen molar-refractivity contribution < 1.29 is 5.11 Å². The molecule has 1 aromatic carbocycles. The second-order valence-corrected chi connectivity index (χ2v) is 6.87.